The molecule has 3 nitrogen and oxygen atoms in total. The van der Waals surface area contributed by atoms with E-state index in [0.717, 1.165) is 24.9 Å². The number of hydrogen-bond acceptors (Lipinski definition) is 3. The van der Waals surface area contributed by atoms with E-state index in [1.807, 2.05) is 0 Å². The maximum absolute atomic E-state index is 5.37. The van der Waals surface area contributed by atoms with Crippen LogP contribution < -0.4 is 0 Å². The standard InChI is InChI=1S/C13H21NO2/c1-8-4-10-11(13(10,2)3)5-12(8)14-16-7-9-6-15-9/h8-11H,4-7H2,1-3H3/b14-12+/t8-,9+,10+,11-/m1/s1. The molecule has 2 aliphatic carbocycles. The Kier molecular flexibility index (Phi) is 2.29. The molecule has 0 N–H and O–H groups in total. The van der Waals surface area contributed by atoms with Crippen LogP contribution in [0.25, 0.3) is 0 Å². The van der Waals surface area contributed by atoms with Gasteiger partial charge in [-0.1, -0.05) is 25.9 Å². The quantitative estimate of drug-likeness (QED) is 0.544. The maximum Gasteiger partial charge on any atom is 0.145 e. The van der Waals surface area contributed by atoms with Crippen LogP contribution in [0.5, 0.6) is 0 Å². The summed E-state index contributed by atoms with van der Waals surface area (Å²) in [6, 6.07) is 0. The van der Waals surface area contributed by atoms with E-state index in [9.17, 15) is 0 Å². The lowest BCUT2D eigenvalue weighted by Crippen LogP contribution is -2.18. The normalized spacial score (nSPS) is 46.3. The van der Waals surface area contributed by atoms with Gasteiger partial charge in [-0.15, -0.1) is 0 Å². The molecule has 1 aliphatic heterocycles. The van der Waals surface area contributed by atoms with Crippen LogP contribution in [0, 0.1) is 23.2 Å². The molecule has 90 valence electrons. The number of epoxide rings is 1. The summed E-state index contributed by atoms with van der Waals surface area (Å²) in [6.07, 6.45) is 2.75. The monoisotopic (exact) mass is 223 g/mol. The first-order chi connectivity index (χ1) is 7.59. The van der Waals surface area contributed by atoms with Crippen molar-refractivity contribution in [3.05, 3.63) is 0 Å². The first kappa shape index (κ1) is 10.6. The third-order valence-corrected chi connectivity index (χ3v) is 4.74. The van der Waals surface area contributed by atoms with Gasteiger partial charge in [-0.2, -0.15) is 0 Å². The highest BCUT2D eigenvalue weighted by Crippen LogP contribution is 2.65. The fraction of sp³-hybridized carbons (Fsp3) is 0.923. The van der Waals surface area contributed by atoms with Gasteiger partial charge in [0.25, 0.3) is 0 Å². The van der Waals surface area contributed by atoms with Gasteiger partial charge < -0.3 is 9.57 Å². The first-order valence-corrected chi connectivity index (χ1v) is 6.39. The van der Waals surface area contributed by atoms with Crippen LogP contribution in [-0.2, 0) is 9.57 Å². The van der Waals surface area contributed by atoms with Crippen LogP contribution in [0.2, 0.25) is 0 Å². The van der Waals surface area contributed by atoms with E-state index in [-0.39, 0.29) is 0 Å². The van der Waals surface area contributed by atoms with Gasteiger partial charge in [0.2, 0.25) is 0 Å². The van der Waals surface area contributed by atoms with Gasteiger partial charge >= 0.3 is 0 Å². The molecule has 0 unspecified atom stereocenters. The molecule has 3 heteroatoms. The van der Waals surface area contributed by atoms with Crippen molar-refractivity contribution in [1.29, 1.82) is 0 Å². The topological polar surface area (TPSA) is 34.1 Å². The Balaban J connectivity index is 1.58. The zero-order chi connectivity index (χ0) is 11.3. The van der Waals surface area contributed by atoms with Crippen LogP contribution in [0.3, 0.4) is 0 Å². The molecule has 0 amide bonds. The first-order valence-electron chi connectivity index (χ1n) is 6.39. The number of ether oxygens (including phenoxy) is 1. The predicted molar refractivity (Wildman–Crippen MR) is 62.3 cm³/mol. The zero-order valence-corrected chi connectivity index (χ0v) is 10.4. The fourth-order valence-corrected chi connectivity index (χ4v) is 3.17. The Labute approximate surface area is 97.2 Å². The highest BCUT2D eigenvalue weighted by Gasteiger charge is 2.60. The molecule has 3 rings (SSSR count). The minimum absolute atomic E-state index is 0.313. The van der Waals surface area contributed by atoms with Crippen molar-refractivity contribution >= 4 is 5.71 Å². The molecule has 3 fully saturated rings. The van der Waals surface area contributed by atoms with Gasteiger partial charge in [0, 0.05) is 0 Å². The zero-order valence-electron chi connectivity index (χ0n) is 10.4. The Bertz CT molecular complexity index is 320. The smallest absolute Gasteiger partial charge is 0.145 e. The molecule has 3 aliphatic rings. The molecule has 0 radical (unpaired) electrons. The van der Waals surface area contributed by atoms with Crippen molar-refractivity contribution in [1.82, 2.24) is 0 Å². The van der Waals surface area contributed by atoms with Crippen molar-refractivity contribution in [2.45, 2.75) is 39.7 Å². The largest absolute Gasteiger partial charge is 0.393 e. The van der Waals surface area contributed by atoms with Crippen LogP contribution >= 0.6 is 0 Å². The molecule has 0 aromatic heterocycles. The summed E-state index contributed by atoms with van der Waals surface area (Å²) in [5.41, 5.74) is 1.82. The molecule has 2 saturated carbocycles. The van der Waals surface area contributed by atoms with Crippen molar-refractivity contribution in [3.8, 4) is 0 Å². The van der Waals surface area contributed by atoms with Gasteiger partial charge in [0.05, 0.1) is 12.3 Å². The molecule has 1 saturated heterocycles. The number of fused-ring (bicyclic) bond motifs is 1. The average molecular weight is 223 g/mol. The summed E-state index contributed by atoms with van der Waals surface area (Å²) in [4.78, 5) is 5.37. The van der Waals surface area contributed by atoms with Gasteiger partial charge in [-0.25, -0.2) is 0 Å². The molecular weight excluding hydrogens is 202 g/mol. The van der Waals surface area contributed by atoms with E-state index >= 15 is 0 Å². The molecule has 0 aromatic rings. The highest BCUT2D eigenvalue weighted by atomic mass is 16.7. The molecule has 4 atom stereocenters. The van der Waals surface area contributed by atoms with Gasteiger partial charge in [-0.3, -0.25) is 0 Å². The lowest BCUT2D eigenvalue weighted by atomic mass is 9.89. The van der Waals surface area contributed by atoms with E-state index in [0.29, 0.717) is 24.0 Å². The third-order valence-electron chi connectivity index (χ3n) is 4.74. The number of rotatable bonds is 3. The van der Waals surface area contributed by atoms with Crippen LogP contribution in [0.4, 0.5) is 0 Å². The lowest BCUT2D eigenvalue weighted by Gasteiger charge is -2.18. The summed E-state index contributed by atoms with van der Waals surface area (Å²) in [5, 5.41) is 4.32. The predicted octanol–water partition coefficient (Wildman–Crippen LogP) is 2.46. The number of hydrogen-bond donors (Lipinski definition) is 0. The summed E-state index contributed by atoms with van der Waals surface area (Å²) in [5.74, 6) is 2.37. The van der Waals surface area contributed by atoms with Crippen LogP contribution in [-0.4, -0.2) is 25.0 Å². The summed E-state index contributed by atoms with van der Waals surface area (Å²) in [6.45, 7) is 8.53. The van der Waals surface area contributed by atoms with E-state index in [1.165, 1.54) is 12.1 Å². The average Bonchev–Trinajstić information content (AvgIpc) is 3.10. The summed E-state index contributed by atoms with van der Waals surface area (Å²) in [7, 11) is 0. The third kappa shape index (κ3) is 1.75. The second-order valence-corrected chi connectivity index (χ2v) is 6.21. The molecule has 0 bridgehead atoms. The van der Waals surface area contributed by atoms with Crippen molar-refractivity contribution in [2.24, 2.45) is 28.3 Å². The highest BCUT2D eigenvalue weighted by molar-refractivity contribution is 5.87. The molecular formula is C13H21NO2. The number of nitrogens with zero attached hydrogens (tertiary/aromatic N) is 1. The molecule has 1 heterocycles. The van der Waals surface area contributed by atoms with Crippen molar-refractivity contribution < 1.29 is 9.57 Å². The van der Waals surface area contributed by atoms with Gasteiger partial charge in [0.1, 0.15) is 12.7 Å². The lowest BCUT2D eigenvalue weighted by molar-refractivity contribution is 0.122. The fourth-order valence-electron chi connectivity index (χ4n) is 3.17. The molecule has 0 spiro atoms. The van der Waals surface area contributed by atoms with Gasteiger partial charge in [-0.05, 0) is 36.0 Å². The Morgan fingerprint density at radius 3 is 2.88 bits per heavy atom. The Hall–Kier alpha value is -0.570. The van der Waals surface area contributed by atoms with Gasteiger partial charge in [0.15, 0.2) is 0 Å². The van der Waals surface area contributed by atoms with Crippen molar-refractivity contribution in [3.63, 3.8) is 0 Å². The van der Waals surface area contributed by atoms with Crippen LogP contribution in [0.15, 0.2) is 5.16 Å². The van der Waals surface area contributed by atoms with Crippen molar-refractivity contribution in [2.75, 3.05) is 13.2 Å². The van der Waals surface area contributed by atoms with E-state index in [2.05, 4.69) is 25.9 Å². The van der Waals surface area contributed by atoms with E-state index < -0.39 is 0 Å². The summed E-state index contributed by atoms with van der Waals surface area (Å²) >= 11 is 0. The number of oxime groups is 1. The second-order valence-electron chi connectivity index (χ2n) is 6.21. The minimum atomic E-state index is 0.313. The van der Waals surface area contributed by atoms with E-state index in [4.69, 9.17) is 9.57 Å². The Morgan fingerprint density at radius 1 is 1.44 bits per heavy atom. The maximum atomic E-state index is 5.37. The SMILES string of the molecule is C[C@@H]1C[C@H]2[C@@H](C/C1=N\OC[C@@H]1CO1)C2(C)C. The minimum Gasteiger partial charge on any atom is -0.393 e. The van der Waals surface area contributed by atoms with Crippen LogP contribution in [0.1, 0.15) is 33.6 Å². The van der Waals surface area contributed by atoms with E-state index in [1.54, 1.807) is 0 Å². The molecule has 0 aromatic carbocycles. The molecule has 16 heavy (non-hydrogen) atoms. The summed E-state index contributed by atoms with van der Waals surface area (Å²) < 4.78 is 5.09. The Morgan fingerprint density at radius 2 is 2.19 bits per heavy atom. The second kappa shape index (κ2) is 3.46.